The molecule has 1 unspecified atom stereocenters. The van der Waals surface area contributed by atoms with Gasteiger partial charge in [-0.3, -0.25) is 0 Å². The van der Waals surface area contributed by atoms with E-state index in [1.54, 1.807) is 0 Å². The van der Waals surface area contributed by atoms with Gasteiger partial charge < -0.3 is 15.3 Å². The van der Waals surface area contributed by atoms with E-state index in [0.717, 1.165) is 6.42 Å². The fourth-order valence-corrected chi connectivity index (χ4v) is 4.43. The first-order valence-electron chi connectivity index (χ1n) is 15.6. The van der Waals surface area contributed by atoms with Crippen LogP contribution in [-0.2, 0) is 4.79 Å². The van der Waals surface area contributed by atoms with Crippen molar-refractivity contribution in [1.29, 1.82) is 0 Å². The van der Waals surface area contributed by atoms with Crippen molar-refractivity contribution >= 4 is 5.97 Å². The fraction of sp³-hybridized carbons (Fsp3) is 0.968. The zero-order chi connectivity index (χ0) is 26.2. The molecule has 4 nitrogen and oxygen atoms in total. The van der Waals surface area contributed by atoms with E-state index < -0.39 is 12.1 Å². The zero-order valence-corrected chi connectivity index (χ0v) is 23.9. The van der Waals surface area contributed by atoms with Crippen molar-refractivity contribution in [3.8, 4) is 0 Å². The zero-order valence-electron chi connectivity index (χ0n) is 23.9. The topological polar surface area (TPSA) is 77.8 Å². The van der Waals surface area contributed by atoms with Crippen molar-refractivity contribution in [3.05, 3.63) is 0 Å². The highest BCUT2D eigenvalue weighted by molar-refractivity contribution is 5.71. The van der Waals surface area contributed by atoms with Gasteiger partial charge >= 0.3 is 5.97 Å². The molecule has 0 saturated heterocycles. The first kappa shape index (κ1) is 36.5. The quantitative estimate of drug-likeness (QED) is 0.0981. The molecule has 212 valence electrons. The van der Waals surface area contributed by atoms with Gasteiger partial charge in [-0.15, -0.1) is 0 Å². The van der Waals surface area contributed by atoms with Crippen LogP contribution in [0.25, 0.3) is 0 Å². The molecule has 4 heteroatoms. The Bertz CT molecular complexity index is 358. The van der Waals surface area contributed by atoms with E-state index in [0.29, 0.717) is 6.61 Å². The van der Waals surface area contributed by atoms with Crippen LogP contribution in [0.15, 0.2) is 0 Å². The highest BCUT2D eigenvalue weighted by atomic mass is 16.4. The Morgan fingerprint density at radius 2 is 0.657 bits per heavy atom. The highest BCUT2D eigenvalue weighted by Crippen LogP contribution is 2.15. The fourth-order valence-electron chi connectivity index (χ4n) is 4.43. The minimum absolute atomic E-state index is 0.374. The smallest absolute Gasteiger partial charge is 0.332 e. The summed E-state index contributed by atoms with van der Waals surface area (Å²) in [4.78, 5) is 9.45. The summed E-state index contributed by atoms with van der Waals surface area (Å²) in [6, 6.07) is 0. The Labute approximate surface area is 219 Å². The Morgan fingerprint density at radius 1 is 0.486 bits per heavy atom. The highest BCUT2D eigenvalue weighted by Gasteiger charge is 2.01. The molecule has 35 heavy (non-hydrogen) atoms. The first-order chi connectivity index (χ1) is 17.1. The molecule has 0 aliphatic carbocycles. The van der Waals surface area contributed by atoms with Crippen LogP contribution in [0.5, 0.6) is 0 Å². The van der Waals surface area contributed by atoms with Crippen molar-refractivity contribution in [1.82, 2.24) is 0 Å². The normalized spacial score (nSPS) is 11.8. The van der Waals surface area contributed by atoms with E-state index in [1.807, 2.05) is 0 Å². The van der Waals surface area contributed by atoms with Crippen LogP contribution >= 0.6 is 0 Å². The largest absolute Gasteiger partial charge is 0.479 e. The lowest BCUT2D eigenvalue weighted by molar-refractivity contribution is -0.145. The van der Waals surface area contributed by atoms with Gasteiger partial charge in [0.2, 0.25) is 0 Å². The first-order valence-corrected chi connectivity index (χ1v) is 15.6. The molecule has 0 bridgehead atoms. The van der Waals surface area contributed by atoms with Crippen molar-refractivity contribution in [2.45, 2.75) is 187 Å². The van der Waals surface area contributed by atoms with Gasteiger partial charge in [0.05, 0.1) is 0 Å². The molecule has 3 N–H and O–H groups in total. The van der Waals surface area contributed by atoms with Gasteiger partial charge in [0.1, 0.15) is 6.10 Å². The number of carbonyl (C=O) groups is 1. The Morgan fingerprint density at radius 3 is 0.800 bits per heavy atom. The summed E-state index contributed by atoms with van der Waals surface area (Å²) in [5.74, 6) is -1.19. The van der Waals surface area contributed by atoms with Crippen LogP contribution in [-0.4, -0.2) is 34.0 Å². The summed E-state index contributed by atoms with van der Waals surface area (Å²) in [5.41, 5.74) is 0. The van der Waals surface area contributed by atoms with E-state index in [4.69, 9.17) is 15.3 Å². The predicted molar refractivity (Wildman–Crippen MR) is 152 cm³/mol. The molecule has 0 aliphatic heterocycles. The van der Waals surface area contributed by atoms with Crippen molar-refractivity contribution in [2.75, 3.05) is 6.61 Å². The minimum Gasteiger partial charge on any atom is -0.479 e. The second-order valence-corrected chi connectivity index (χ2v) is 10.6. The standard InChI is InChI=1S/C28H58O.C3H6O3/c1-2-3-4-5-6-7-8-9-10-11-12-13-14-15-16-17-18-19-20-21-22-23-24-25-26-27-28-29;1-2(4)3(5)6/h29H,2-28H2,1H3;2,4H,1H3,(H,5,6). The van der Waals surface area contributed by atoms with Crippen LogP contribution in [0.4, 0.5) is 0 Å². The SMILES string of the molecule is CC(O)C(=O)O.CCCCCCCCCCCCCCCCCCCCCCCCCCCCO. The third-order valence-electron chi connectivity index (χ3n) is 6.87. The molecule has 0 aromatic rings. The van der Waals surface area contributed by atoms with Crippen LogP contribution in [0, 0.1) is 0 Å². The monoisotopic (exact) mass is 500 g/mol. The number of unbranched alkanes of at least 4 members (excludes halogenated alkanes) is 25. The van der Waals surface area contributed by atoms with E-state index >= 15 is 0 Å². The lowest BCUT2D eigenvalue weighted by Crippen LogP contribution is -2.13. The van der Waals surface area contributed by atoms with E-state index in [1.165, 1.54) is 167 Å². The maximum atomic E-state index is 9.45. The van der Waals surface area contributed by atoms with E-state index in [9.17, 15) is 4.79 Å². The molecule has 0 aromatic carbocycles. The van der Waals surface area contributed by atoms with Gasteiger partial charge in [0.25, 0.3) is 0 Å². The molecule has 1 atom stereocenters. The number of carboxylic acids is 1. The van der Waals surface area contributed by atoms with Crippen LogP contribution in [0.1, 0.15) is 181 Å². The van der Waals surface area contributed by atoms with Gasteiger partial charge in [-0.1, -0.05) is 167 Å². The van der Waals surface area contributed by atoms with Crippen molar-refractivity contribution in [2.24, 2.45) is 0 Å². The summed E-state index contributed by atoms with van der Waals surface area (Å²) in [5, 5.41) is 24.5. The molecule has 0 rings (SSSR count). The number of rotatable bonds is 27. The summed E-state index contributed by atoms with van der Waals surface area (Å²) >= 11 is 0. The molecule has 0 heterocycles. The van der Waals surface area contributed by atoms with Crippen molar-refractivity contribution in [3.63, 3.8) is 0 Å². The molecule has 0 aliphatic rings. The molecule has 0 amide bonds. The lowest BCUT2D eigenvalue weighted by Gasteiger charge is -2.04. The third-order valence-corrected chi connectivity index (χ3v) is 6.87. The number of carboxylic acid groups (broad SMARTS) is 1. The van der Waals surface area contributed by atoms with E-state index in [-0.39, 0.29) is 0 Å². The number of hydrogen-bond acceptors (Lipinski definition) is 3. The van der Waals surface area contributed by atoms with Crippen LogP contribution < -0.4 is 0 Å². The molecule has 0 fully saturated rings. The Kier molecular flexibility index (Phi) is 34.9. The van der Waals surface area contributed by atoms with E-state index in [2.05, 4.69) is 6.92 Å². The molecule has 0 radical (unpaired) electrons. The maximum absolute atomic E-state index is 9.45. The Balaban J connectivity index is 0. The molecule has 0 spiro atoms. The summed E-state index contributed by atoms with van der Waals surface area (Å²) in [7, 11) is 0. The van der Waals surface area contributed by atoms with Gasteiger partial charge in [-0.25, -0.2) is 4.79 Å². The average Bonchev–Trinajstić information content (AvgIpc) is 2.84. The third kappa shape index (κ3) is 38.1. The van der Waals surface area contributed by atoms with Gasteiger partial charge in [0.15, 0.2) is 0 Å². The summed E-state index contributed by atoms with van der Waals surface area (Å²) in [6.07, 6.45) is 35.8. The average molecular weight is 501 g/mol. The lowest BCUT2D eigenvalue weighted by atomic mass is 10.0. The number of hydrogen-bond donors (Lipinski definition) is 3. The maximum Gasteiger partial charge on any atom is 0.332 e. The number of aliphatic hydroxyl groups excluding tert-OH is 2. The van der Waals surface area contributed by atoms with Gasteiger partial charge in [0, 0.05) is 6.61 Å². The van der Waals surface area contributed by atoms with Crippen molar-refractivity contribution < 1.29 is 20.1 Å². The Hall–Kier alpha value is -0.610. The van der Waals surface area contributed by atoms with Crippen LogP contribution in [0.2, 0.25) is 0 Å². The second-order valence-electron chi connectivity index (χ2n) is 10.6. The van der Waals surface area contributed by atoms with Gasteiger partial charge in [-0.05, 0) is 13.3 Å². The van der Waals surface area contributed by atoms with Gasteiger partial charge in [-0.2, -0.15) is 0 Å². The minimum atomic E-state index is -1.23. The molecular formula is C31H64O4. The molecule has 0 aromatic heterocycles. The second kappa shape index (κ2) is 33.4. The molecular weight excluding hydrogens is 436 g/mol. The predicted octanol–water partition coefficient (Wildman–Crippen LogP) is 9.59. The number of aliphatic hydroxyl groups is 2. The van der Waals surface area contributed by atoms with Crippen LogP contribution in [0.3, 0.4) is 0 Å². The summed E-state index contributed by atoms with van der Waals surface area (Å²) < 4.78 is 0. The summed E-state index contributed by atoms with van der Waals surface area (Å²) in [6.45, 7) is 3.87. The molecule has 0 saturated carbocycles. The number of aliphatic carboxylic acids is 1.